The van der Waals surface area contributed by atoms with Gasteiger partial charge in [-0.1, -0.05) is 12.1 Å². The van der Waals surface area contributed by atoms with Crippen LogP contribution in [0.1, 0.15) is 15.9 Å². The van der Waals surface area contributed by atoms with Gasteiger partial charge in [-0.2, -0.15) is 0 Å². The lowest BCUT2D eigenvalue weighted by atomic mass is 10.2. The number of benzene rings is 2. The molecule has 0 spiro atoms. The standard InChI is InChI=1S/C14H10FNO4/c15-12-7-10(8-17)5-6-14(12)20-9-11-3-1-2-4-13(11)16(18)19/h1-8H,9H2. The quantitative estimate of drug-likeness (QED) is 0.477. The number of carbonyl (C=O) groups excluding carboxylic acids is 1. The number of carbonyl (C=O) groups is 1. The molecule has 2 rings (SSSR count). The van der Waals surface area contributed by atoms with E-state index < -0.39 is 10.7 Å². The van der Waals surface area contributed by atoms with Crippen molar-refractivity contribution in [3.8, 4) is 5.75 Å². The van der Waals surface area contributed by atoms with E-state index in [2.05, 4.69) is 0 Å². The Balaban J connectivity index is 2.17. The van der Waals surface area contributed by atoms with E-state index in [1.807, 2.05) is 0 Å². The predicted molar refractivity (Wildman–Crippen MR) is 69.2 cm³/mol. The number of aldehydes is 1. The number of ether oxygens (including phenoxy) is 1. The van der Waals surface area contributed by atoms with Crippen molar-refractivity contribution < 1.29 is 18.8 Å². The molecule has 0 aliphatic rings. The molecule has 0 saturated carbocycles. The van der Waals surface area contributed by atoms with Gasteiger partial charge in [0.15, 0.2) is 11.6 Å². The molecular formula is C14H10FNO4. The van der Waals surface area contributed by atoms with Gasteiger partial charge in [-0.15, -0.1) is 0 Å². The SMILES string of the molecule is O=Cc1ccc(OCc2ccccc2[N+](=O)[O-])c(F)c1. The van der Waals surface area contributed by atoms with Crippen molar-refractivity contribution in [3.63, 3.8) is 0 Å². The third-order valence-electron chi connectivity index (χ3n) is 2.66. The Morgan fingerprint density at radius 2 is 2.00 bits per heavy atom. The first-order chi connectivity index (χ1) is 9.61. The molecular weight excluding hydrogens is 265 g/mol. The van der Waals surface area contributed by atoms with Crippen molar-refractivity contribution in [1.29, 1.82) is 0 Å². The van der Waals surface area contributed by atoms with Crippen LogP contribution in [0.4, 0.5) is 10.1 Å². The van der Waals surface area contributed by atoms with Crippen LogP contribution in [-0.4, -0.2) is 11.2 Å². The van der Waals surface area contributed by atoms with Crippen molar-refractivity contribution in [3.05, 3.63) is 69.5 Å². The van der Waals surface area contributed by atoms with Crippen LogP contribution in [-0.2, 0) is 6.61 Å². The first-order valence-corrected chi connectivity index (χ1v) is 5.71. The van der Waals surface area contributed by atoms with E-state index in [1.165, 1.54) is 24.3 Å². The lowest BCUT2D eigenvalue weighted by Crippen LogP contribution is -2.01. The van der Waals surface area contributed by atoms with E-state index in [4.69, 9.17) is 4.74 Å². The molecule has 102 valence electrons. The Bertz CT molecular complexity index is 657. The third-order valence-corrected chi connectivity index (χ3v) is 2.66. The smallest absolute Gasteiger partial charge is 0.276 e. The molecule has 0 amide bonds. The van der Waals surface area contributed by atoms with Gasteiger partial charge in [0.2, 0.25) is 0 Å². The van der Waals surface area contributed by atoms with E-state index >= 15 is 0 Å². The Labute approximate surface area is 113 Å². The molecule has 0 aliphatic carbocycles. The summed E-state index contributed by atoms with van der Waals surface area (Å²) in [4.78, 5) is 20.8. The number of rotatable bonds is 5. The number of nitrogens with zero attached hydrogens (tertiary/aromatic N) is 1. The van der Waals surface area contributed by atoms with Gasteiger partial charge >= 0.3 is 0 Å². The monoisotopic (exact) mass is 275 g/mol. The van der Waals surface area contributed by atoms with Crippen LogP contribution in [0.25, 0.3) is 0 Å². The summed E-state index contributed by atoms with van der Waals surface area (Å²) < 4.78 is 18.8. The zero-order valence-electron chi connectivity index (χ0n) is 10.3. The second-order valence-corrected chi connectivity index (χ2v) is 3.98. The van der Waals surface area contributed by atoms with Crippen LogP contribution in [0, 0.1) is 15.9 Å². The molecule has 2 aromatic carbocycles. The molecule has 0 aromatic heterocycles. The number of nitro benzene ring substituents is 1. The minimum atomic E-state index is -0.687. The largest absolute Gasteiger partial charge is 0.486 e. The van der Waals surface area contributed by atoms with Gasteiger partial charge in [-0.25, -0.2) is 4.39 Å². The molecule has 2 aromatic rings. The minimum absolute atomic E-state index is 0.0613. The van der Waals surface area contributed by atoms with E-state index in [-0.39, 0.29) is 23.6 Å². The lowest BCUT2D eigenvalue weighted by molar-refractivity contribution is -0.385. The number of hydrogen-bond acceptors (Lipinski definition) is 4. The van der Waals surface area contributed by atoms with Crippen LogP contribution in [0.5, 0.6) is 5.75 Å². The fraction of sp³-hybridized carbons (Fsp3) is 0.0714. The summed E-state index contributed by atoms with van der Waals surface area (Å²) in [6.07, 6.45) is 0.523. The van der Waals surface area contributed by atoms with E-state index in [0.717, 1.165) is 6.07 Å². The van der Waals surface area contributed by atoms with Crippen molar-refractivity contribution in [2.45, 2.75) is 6.61 Å². The van der Waals surface area contributed by atoms with Gasteiger partial charge in [0.1, 0.15) is 12.9 Å². The van der Waals surface area contributed by atoms with Gasteiger partial charge in [-0.05, 0) is 24.3 Å². The van der Waals surface area contributed by atoms with Gasteiger partial charge in [0, 0.05) is 11.6 Å². The molecule has 0 radical (unpaired) electrons. The highest BCUT2D eigenvalue weighted by Crippen LogP contribution is 2.22. The molecule has 20 heavy (non-hydrogen) atoms. The summed E-state index contributed by atoms with van der Waals surface area (Å²) in [6.45, 7) is -0.130. The highest BCUT2D eigenvalue weighted by Gasteiger charge is 2.13. The number of nitro groups is 1. The number of para-hydroxylation sites is 1. The normalized spacial score (nSPS) is 10.1. The Morgan fingerprint density at radius 1 is 1.25 bits per heavy atom. The summed E-state index contributed by atoms with van der Waals surface area (Å²) in [6, 6.07) is 9.83. The van der Waals surface area contributed by atoms with Crippen LogP contribution >= 0.6 is 0 Å². The summed E-state index contributed by atoms with van der Waals surface area (Å²) in [5, 5.41) is 10.8. The molecule has 0 fully saturated rings. The van der Waals surface area contributed by atoms with Gasteiger partial charge in [-0.3, -0.25) is 14.9 Å². The lowest BCUT2D eigenvalue weighted by Gasteiger charge is -2.08. The maximum absolute atomic E-state index is 13.6. The maximum Gasteiger partial charge on any atom is 0.276 e. The Kier molecular flexibility index (Phi) is 4.05. The second kappa shape index (κ2) is 5.92. The fourth-order valence-corrected chi connectivity index (χ4v) is 1.67. The second-order valence-electron chi connectivity index (χ2n) is 3.98. The van der Waals surface area contributed by atoms with E-state index in [1.54, 1.807) is 12.1 Å². The van der Waals surface area contributed by atoms with E-state index in [0.29, 0.717) is 11.8 Å². The van der Waals surface area contributed by atoms with Gasteiger partial charge in [0.05, 0.1) is 10.5 Å². The zero-order chi connectivity index (χ0) is 14.5. The van der Waals surface area contributed by atoms with Crippen molar-refractivity contribution >= 4 is 12.0 Å². The summed E-state index contributed by atoms with van der Waals surface area (Å²) in [5.41, 5.74) is 0.453. The van der Waals surface area contributed by atoms with Crippen molar-refractivity contribution in [2.75, 3.05) is 0 Å². The van der Waals surface area contributed by atoms with Crippen molar-refractivity contribution in [1.82, 2.24) is 0 Å². The molecule has 0 bridgehead atoms. The fourth-order valence-electron chi connectivity index (χ4n) is 1.67. The zero-order valence-corrected chi connectivity index (χ0v) is 10.3. The van der Waals surface area contributed by atoms with Crippen LogP contribution in [0.2, 0.25) is 0 Å². The van der Waals surface area contributed by atoms with Crippen LogP contribution in [0.3, 0.4) is 0 Å². The topological polar surface area (TPSA) is 69.4 Å². The first-order valence-electron chi connectivity index (χ1n) is 5.71. The Morgan fingerprint density at radius 3 is 2.65 bits per heavy atom. The highest BCUT2D eigenvalue weighted by atomic mass is 19.1. The molecule has 0 saturated heterocycles. The van der Waals surface area contributed by atoms with Gasteiger partial charge in [0.25, 0.3) is 5.69 Å². The Hall–Kier alpha value is -2.76. The average Bonchev–Trinajstić information content (AvgIpc) is 2.46. The molecule has 0 unspecified atom stereocenters. The first kappa shape index (κ1) is 13.7. The predicted octanol–water partition coefficient (Wildman–Crippen LogP) is 3.13. The number of halogens is 1. The highest BCUT2D eigenvalue weighted by molar-refractivity contribution is 5.74. The summed E-state index contributed by atoms with van der Waals surface area (Å²) >= 11 is 0. The van der Waals surface area contributed by atoms with Crippen LogP contribution < -0.4 is 4.74 Å². The van der Waals surface area contributed by atoms with Crippen LogP contribution in [0.15, 0.2) is 42.5 Å². The van der Waals surface area contributed by atoms with Crippen molar-refractivity contribution in [2.24, 2.45) is 0 Å². The molecule has 0 aliphatic heterocycles. The average molecular weight is 275 g/mol. The van der Waals surface area contributed by atoms with E-state index in [9.17, 15) is 19.3 Å². The third kappa shape index (κ3) is 2.97. The summed E-state index contributed by atoms with van der Waals surface area (Å²) in [5.74, 6) is -0.748. The van der Waals surface area contributed by atoms with Gasteiger partial charge < -0.3 is 4.74 Å². The maximum atomic E-state index is 13.6. The molecule has 6 heteroatoms. The minimum Gasteiger partial charge on any atom is -0.486 e. The number of hydrogen-bond donors (Lipinski definition) is 0. The molecule has 5 nitrogen and oxygen atoms in total. The molecule has 0 atom stereocenters. The molecule has 0 N–H and O–H groups in total. The molecule has 0 heterocycles. The summed E-state index contributed by atoms with van der Waals surface area (Å²) in [7, 11) is 0.